The third-order valence-electron chi connectivity index (χ3n) is 8.59. The zero-order chi connectivity index (χ0) is 30.7. The molecule has 2 nitrogen and oxygen atoms in total. The highest BCUT2D eigenvalue weighted by atomic mass is 15.1. The molecule has 0 aliphatic heterocycles. The summed E-state index contributed by atoms with van der Waals surface area (Å²) in [6, 6.07) is 69.3. The van der Waals surface area contributed by atoms with Crippen LogP contribution >= 0.6 is 0 Å². The molecular formula is C44H32N2. The quantitative estimate of drug-likeness (QED) is 0.183. The first kappa shape index (κ1) is 27.4. The second kappa shape index (κ2) is 12.1. The van der Waals surface area contributed by atoms with Crippen LogP contribution in [0.5, 0.6) is 0 Å². The van der Waals surface area contributed by atoms with Crippen molar-refractivity contribution in [1.82, 2.24) is 0 Å². The fraction of sp³-hybridized carbons (Fsp3) is 0. The maximum absolute atomic E-state index is 2.41. The lowest BCUT2D eigenvalue weighted by Crippen LogP contribution is -2.11. The van der Waals surface area contributed by atoms with E-state index in [4.69, 9.17) is 0 Å². The van der Waals surface area contributed by atoms with Gasteiger partial charge in [0, 0.05) is 33.5 Å². The smallest absolute Gasteiger partial charge is 0.0540 e. The zero-order valence-corrected chi connectivity index (χ0v) is 25.4. The molecule has 0 unspecified atom stereocenters. The summed E-state index contributed by atoms with van der Waals surface area (Å²) in [6.45, 7) is 0. The summed E-state index contributed by atoms with van der Waals surface area (Å²) in [4.78, 5) is 4.73. The predicted molar refractivity (Wildman–Crippen MR) is 196 cm³/mol. The summed E-state index contributed by atoms with van der Waals surface area (Å²) < 4.78 is 0. The molecule has 0 radical (unpaired) electrons. The highest BCUT2D eigenvalue weighted by Gasteiger charge is 2.19. The summed E-state index contributed by atoms with van der Waals surface area (Å²) >= 11 is 0. The first-order valence-electron chi connectivity index (χ1n) is 15.7. The normalized spacial score (nSPS) is 11.0. The maximum atomic E-state index is 2.41. The zero-order valence-electron chi connectivity index (χ0n) is 25.4. The molecule has 46 heavy (non-hydrogen) atoms. The van der Waals surface area contributed by atoms with E-state index in [2.05, 4.69) is 204 Å². The summed E-state index contributed by atoms with van der Waals surface area (Å²) in [7, 11) is 0. The lowest BCUT2D eigenvalue weighted by molar-refractivity contribution is 1.28. The Hall–Kier alpha value is -6.12. The number of fused-ring (bicyclic) bond motifs is 2. The highest BCUT2D eigenvalue weighted by Crippen LogP contribution is 2.43. The van der Waals surface area contributed by atoms with Crippen LogP contribution in [0.1, 0.15) is 0 Å². The van der Waals surface area contributed by atoms with E-state index in [1.54, 1.807) is 0 Å². The molecule has 0 spiro atoms. The monoisotopic (exact) mass is 588 g/mol. The van der Waals surface area contributed by atoms with Gasteiger partial charge in [0.05, 0.1) is 11.4 Å². The van der Waals surface area contributed by atoms with Gasteiger partial charge in [-0.15, -0.1) is 0 Å². The molecule has 8 rings (SSSR count). The summed E-state index contributed by atoms with van der Waals surface area (Å²) in [6.07, 6.45) is 0. The lowest BCUT2D eigenvalue weighted by Gasteiger charge is -2.29. The van der Waals surface area contributed by atoms with Gasteiger partial charge in [0.2, 0.25) is 0 Å². The molecule has 0 aliphatic carbocycles. The van der Waals surface area contributed by atoms with E-state index in [1.807, 2.05) is 0 Å². The Balaban J connectivity index is 1.29. The Morgan fingerprint density at radius 2 is 0.630 bits per heavy atom. The van der Waals surface area contributed by atoms with Crippen molar-refractivity contribution >= 4 is 55.7 Å². The number of anilines is 6. The van der Waals surface area contributed by atoms with E-state index in [-0.39, 0.29) is 0 Å². The van der Waals surface area contributed by atoms with Crippen molar-refractivity contribution in [3.63, 3.8) is 0 Å². The van der Waals surface area contributed by atoms with Crippen molar-refractivity contribution in [3.8, 4) is 11.1 Å². The van der Waals surface area contributed by atoms with Gasteiger partial charge in [-0.1, -0.05) is 133 Å². The van der Waals surface area contributed by atoms with E-state index in [0.717, 1.165) is 45.3 Å². The van der Waals surface area contributed by atoms with Gasteiger partial charge in [0.1, 0.15) is 0 Å². The Morgan fingerprint density at radius 3 is 1.13 bits per heavy atom. The molecule has 0 saturated carbocycles. The Bertz CT molecular complexity index is 2150. The first-order valence-corrected chi connectivity index (χ1v) is 15.7. The van der Waals surface area contributed by atoms with Gasteiger partial charge in [0.15, 0.2) is 0 Å². The van der Waals surface area contributed by atoms with Crippen LogP contribution in [0.2, 0.25) is 0 Å². The van der Waals surface area contributed by atoms with Gasteiger partial charge in [-0.3, -0.25) is 0 Å². The molecule has 218 valence electrons. The van der Waals surface area contributed by atoms with Crippen LogP contribution in [0.3, 0.4) is 0 Å². The molecule has 0 aliphatic rings. The number of para-hydroxylation sites is 2. The van der Waals surface area contributed by atoms with Gasteiger partial charge < -0.3 is 9.80 Å². The van der Waals surface area contributed by atoms with Gasteiger partial charge in [0.25, 0.3) is 0 Å². The minimum Gasteiger partial charge on any atom is -0.310 e. The average Bonchev–Trinajstić information content (AvgIpc) is 3.13. The molecule has 0 atom stereocenters. The highest BCUT2D eigenvalue weighted by molar-refractivity contribution is 6.05. The van der Waals surface area contributed by atoms with Crippen LogP contribution in [-0.2, 0) is 0 Å². The Kier molecular flexibility index (Phi) is 7.22. The van der Waals surface area contributed by atoms with Crippen molar-refractivity contribution in [3.05, 3.63) is 194 Å². The van der Waals surface area contributed by atoms with Gasteiger partial charge >= 0.3 is 0 Å². The van der Waals surface area contributed by atoms with E-state index in [9.17, 15) is 0 Å². The van der Waals surface area contributed by atoms with Crippen LogP contribution in [0.15, 0.2) is 194 Å². The first-order chi connectivity index (χ1) is 22.8. The van der Waals surface area contributed by atoms with Crippen molar-refractivity contribution in [2.45, 2.75) is 0 Å². The fourth-order valence-corrected chi connectivity index (χ4v) is 6.47. The Labute approximate surface area is 270 Å². The molecule has 0 amide bonds. The molecule has 0 fully saturated rings. The fourth-order valence-electron chi connectivity index (χ4n) is 6.47. The molecule has 8 aromatic carbocycles. The van der Waals surface area contributed by atoms with E-state index in [0.29, 0.717) is 0 Å². The van der Waals surface area contributed by atoms with E-state index in [1.165, 1.54) is 21.5 Å². The molecule has 0 heterocycles. The predicted octanol–water partition coefficient (Wildman–Crippen LogP) is 12.6. The topological polar surface area (TPSA) is 6.48 Å². The van der Waals surface area contributed by atoms with Crippen LogP contribution in [-0.4, -0.2) is 0 Å². The van der Waals surface area contributed by atoms with Gasteiger partial charge in [-0.2, -0.15) is 0 Å². The lowest BCUT2D eigenvalue weighted by atomic mass is 10.0. The minimum atomic E-state index is 1.11. The summed E-state index contributed by atoms with van der Waals surface area (Å²) in [5.74, 6) is 0. The van der Waals surface area contributed by atoms with Crippen LogP contribution in [0.4, 0.5) is 34.1 Å². The minimum absolute atomic E-state index is 1.11. The Morgan fingerprint density at radius 1 is 0.261 bits per heavy atom. The van der Waals surface area contributed by atoms with Crippen molar-refractivity contribution < 1.29 is 0 Å². The average molecular weight is 589 g/mol. The van der Waals surface area contributed by atoms with E-state index < -0.39 is 0 Å². The second-order valence-electron chi connectivity index (χ2n) is 11.4. The molecule has 0 bridgehead atoms. The van der Waals surface area contributed by atoms with Gasteiger partial charge in [-0.25, -0.2) is 0 Å². The van der Waals surface area contributed by atoms with Crippen molar-refractivity contribution in [2.24, 2.45) is 0 Å². The molecule has 0 aromatic heterocycles. The number of benzene rings is 8. The number of nitrogens with zero attached hydrogens (tertiary/aromatic N) is 2. The third kappa shape index (κ3) is 5.16. The second-order valence-corrected chi connectivity index (χ2v) is 11.4. The number of rotatable bonds is 7. The largest absolute Gasteiger partial charge is 0.310 e. The number of hydrogen-bond donors (Lipinski definition) is 0. The summed E-state index contributed by atoms with van der Waals surface area (Å²) in [5.41, 5.74) is 9.09. The molecule has 0 N–H and O–H groups in total. The van der Waals surface area contributed by atoms with Crippen molar-refractivity contribution in [1.29, 1.82) is 0 Å². The third-order valence-corrected chi connectivity index (χ3v) is 8.59. The standard InChI is InChI=1S/C44H32N2/c1-3-21-37(22-4-1)45(38-23-5-2-6-24-38)39-25-11-19-35(31-39)36-20-12-26-40(32-36)46(43-29-13-17-33-15-7-9-27-41(33)43)44-30-14-18-34-16-8-10-28-42(34)44/h1-32H. The number of hydrogen-bond acceptors (Lipinski definition) is 2. The maximum Gasteiger partial charge on any atom is 0.0540 e. The molecular weight excluding hydrogens is 556 g/mol. The van der Waals surface area contributed by atoms with Crippen LogP contribution in [0.25, 0.3) is 32.7 Å². The van der Waals surface area contributed by atoms with E-state index >= 15 is 0 Å². The van der Waals surface area contributed by atoms with Gasteiger partial charge in [-0.05, 0) is 82.6 Å². The van der Waals surface area contributed by atoms with Crippen LogP contribution < -0.4 is 9.80 Å². The van der Waals surface area contributed by atoms with Crippen molar-refractivity contribution in [2.75, 3.05) is 9.80 Å². The SMILES string of the molecule is c1ccc(N(c2ccccc2)c2cccc(-c3cccc(N(c4cccc5ccccc45)c4cccc5ccccc45)c3)c2)cc1. The van der Waals surface area contributed by atoms with Crippen LogP contribution in [0, 0.1) is 0 Å². The molecule has 8 aromatic rings. The summed E-state index contributed by atoms with van der Waals surface area (Å²) in [5, 5.41) is 4.87. The molecule has 0 saturated heterocycles. The molecule has 2 heteroatoms.